The van der Waals surface area contributed by atoms with Crippen LogP contribution in [0.25, 0.3) is 0 Å². The molecule has 1 aromatic rings. The van der Waals surface area contributed by atoms with Gasteiger partial charge in [0.1, 0.15) is 10.7 Å². The van der Waals surface area contributed by atoms with Crippen molar-refractivity contribution >= 4 is 17.6 Å². The van der Waals surface area contributed by atoms with E-state index >= 15 is 0 Å². The number of hydrogen-bond acceptors (Lipinski definition) is 5. The van der Waals surface area contributed by atoms with Gasteiger partial charge in [-0.05, 0) is 25.2 Å². The molecule has 2 rings (SSSR count). The van der Waals surface area contributed by atoms with Crippen LogP contribution in [-0.4, -0.2) is 22.5 Å². The first kappa shape index (κ1) is 14.4. The van der Waals surface area contributed by atoms with Gasteiger partial charge in [-0.2, -0.15) is 11.8 Å². The zero-order valence-electron chi connectivity index (χ0n) is 11.2. The standard InChI is InChI=1S/C13H20N2O3S/c1-19-13(7-3-2-4-8-13)10-14-9-11-5-6-12(18-11)15(16)17/h5-6,14H,2-4,7-10H2,1H3. The first-order chi connectivity index (χ1) is 9.15. The maximum atomic E-state index is 10.5. The highest BCUT2D eigenvalue weighted by Gasteiger charge is 2.30. The van der Waals surface area contributed by atoms with Gasteiger partial charge >= 0.3 is 5.88 Å². The molecule has 1 N–H and O–H groups in total. The smallest absolute Gasteiger partial charge is 0.404 e. The maximum absolute atomic E-state index is 10.5. The lowest BCUT2D eigenvalue weighted by Crippen LogP contribution is -2.39. The highest BCUT2D eigenvalue weighted by molar-refractivity contribution is 8.00. The van der Waals surface area contributed by atoms with Crippen LogP contribution in [0.5, 0.6) is 0 Å². The zero-order chi connectivity index (χ0) is 13.7. The van der Waals surface area contributed by atoms with E-state index in [1.165, 1.54) is 38.2 Å². The van der Waals surface area contributed by atoms with E-state index in [0.717, 1.165) is 6.54 Å². The minimum absolute atomic E-state index is 0.186. The van der Waals surface area contributed by atoms with Crippen LogP contribution in [-0.2, 0) is 6.54 Å². The molecule has 0 amide bonds. The Hall–Kier alpha value is -1.01. The van der Waals surface area contributed by atoms with Crippen LogP contribution in [0.4, 0.5) is 5.88 Å². The monoisotopic (exact) mass is 284 g/mol. The van der Waals surface area contributed by atoms with Gasteiger partial charge in [0.25, 0.3) is 0 Å². The summed E-state index contributed by atoms with van der Waals surface area (Å²) in [5.41, 5.74) is 0. The minimum Gasteiger partial charge on any atom is -0.404 e. The van der Waals surface area contributed by atoms with Crippen LogP contribution in [0.3, 0.4) is 0 Å². The van der Waals surface area contributed by atoms with Gasteiger partial charge in [-0.3, -0.25) is 10.1 Å². The van der Waals surface area contributed by atoms with E-state index < -0.39 is 4.92 Å². The van der Waals surface area contributed by atoms with Crippen LogP contribution in [0.2, 0.25) is 0 Å². The Morgan fingerprint density at radius 3 is 2.74 bits per heavy atom. The summed E-state index contributed by atoms with van der Waals surface area (Å²) in [6, 6.07) is 3.07. The quantitative estimate of drug-likeness (QED) is 0.641. The van der Waals surface area contributed by atoms with E-state index in [4.69, 9.17) is 4.42 Å². The molecule has 0 aliphatic heterocycles. The molecule has 0 bridgehead atoms. The van der Waals surface area contributed by atoms with Crippen LogP contribution in [0.1, 0.15) is 37.9 Å². The molecule has 5 nitrogen and oxygen atoms in total. The van der Waals surface area contributed by atoms with Crippen LogP contribution >= 0.6 is 11.8 Å². The molecule has 19 heavy (non-hydrogen) atoms. The molecule has 106 valence electrons. The number of nitrogens with zero attached hydrogens (tertiary/aromatic N) is 1. The fourth-order valence-electron chi connectivity index (χ4n) is 2.62. The predicted molar refractivity (Wildman–Crippen MR) is 76.4 cm³/mol. The van der Waals surface area contributed by atoms with Crippen LogP contribution < -0.4 is 5.32 Å². The van der Waals surface area contributed by atoms with Gasteiger partial charge < -0.3 is 9.73 Å². The van der Waals surface area contributed by atoms with Crippen molar-refractivity contribution in [2.75, 3.05) is 12.8 Å². The van der Waals surface area contributed by atoms with Crippen molar-refractivity contribution in [3.8, 4) is 0 Å². The molecule has 1 aliphatic rings. The Morgan fingerprint density at radius 1 is 1.42 bits per heavy atom. The lowest BCUT2D eigenvalue weighted by molar-refractivity contribution is -0.402. The lowest BCUT2D eigenvalue weighted by atomic mass is 9.88. The number of nitrogens with one attached hydrogen (secondary N) is 1. The maximum Gasteiger partial charge on any atom is 0.433 e. The molecule has 1 aromatic heterocycles. The third-order valence-corrected chi connectivity index (χ3v) is 5.19. The summed E-state index contributed by atoms with van der Waals surface area (Å²) in [7, 11) is 0. The first-order valence-corrected chi connectivity index (χ1v) is 7.87. The Kier molecular flexibility index (Phi) is 4.87. The van der Waals surface area contributed by atoms with E-state index in [9.17, 15) is 10.1 Å². The van der Waals surface area contributed by atoms with E-state index in [0.29, 0.717) is 17.1 Å². The van der Waals surface area contributed by atoms with Gasteiger partial charge in [0, 0.05) is 11.3 Å². The highest BCUT2D eigenvalue weighted by atomic mass is 32.2. The molecule has 0 radical (unpaired) electrons. The van der Waals surface area contributed by atoms with E-state index in [1.54, 1.807) is 6.07 Å². The highest BCUT2D eigenvalue weighted by Crippen LogP contribution is 2.38. The van der Waals surface area contributed by atoms with Crippen molar-refractivity contribution in [3.63, 3.8) is 0 Å². The predicted octanol–water partition coefficient (Wildman–Crippen LogP) is 3.34. The Labute approximate surface area is 117 Å². The average Bonchev–Trinajstić information content (AvgIpc) is 2.89. The van der Waals surface area contributed by atoms with Gasteiger partial charge in [-0.25, -0.2) is 0 Å². The zero-order valence-corrected chi connectivity index (χ0v) is 12.0. The van der Waals surface area contributed by atoms with Gasteiger partial charge in [-0.15, -0.1) is 0 Å². The van der Waals surface area contributed by atoms with Crippen molar-refractivity contribution in [1.82, 2.24) is 5.32 Å². The summed E-state index contributed by atoms with van der Waals surface area (Å²) < 4.78 is 5.46. The summed E-state index contributed by atoms with van der Waals surface area (Å²) in [5, 5.41) is 13.9. The van der Waals surface area contributed by atoms with Crippen molar-refractivity contribution in [1.29, 1.82) is 0 Å². The summed E-state index contributed by atoms with van der Waals surface area (Å²) in [4.78, 5) is 10.0. The summed E-state index contributed by atoms with van der Waals surface area (Å²) in [6.45, 7) is 1.48. The molecular weight excluding hydrogens is 264 g/mol. The molecule has 0 atom stereocenters. The number of hydrogen-bond donors (Lipinski definition) is 1. The second-order valence-electron chi connectivity index (χ2n) is 5.05. The second kappa shape index (κ2) is 6.43. The fraction of sp³-hybridized carbons (Fsp3) is 0.692. The summed E-state index contributed by atoms with van der Waals surface area (Å²) >= 11 is 1.94. The second-order valence-corrected chi connectivity index (χ2v) is 6.32. The van der Waals surface area contributed by atoms with E-state index in [2.05, 4.69) is 11.6 Å². The minimum atomic E-state index is -0.506. The molecule has 1 heterocycles. The molecule has 0 saturated heterocycles. The largest absolute Gasteiger partial charge is 0.433 e. The van der Waals surface area contributed by atoms with Crippen molar-refractivity contribution in [2.24, 2.45) is 0 Å². The summed E-state index contributed by atoms with van der Waals surface area (Å²) in [5.74, 6) is 0.438. The lowest BCUT2D eigenvalue weighted by Gasteiger charge is -2.35. The SMILES string of the molecule is CSC1(CNCc2ccc([N+](=O)[O-])o2)CCCCC1. The third-order valence-electron chi connectivity index (χ3n) is 3.77. The Morgan fingerprint density at radius 2 is 2.16 bits per heavy atom. The van der Waals surface area contributed by atoms with Gasteiger partial charge in [0.15, 0.2) is 0 Å². The van der Waals surface area contributed by atoms with E-state index in [-0.39, 0.29) is 5.88 Å². The molecule has 0 unspecified atom stereocenters. The van der Waals surface area contributed by atoms with Crippen molar-refractivity contribution in [3.05, 3.63) is 28.0 Å². The fourth-order valence-corrected chi connectivity index (χ4v) is 3.57. The van der Waals surface area contributed by atoms with Gasteiger partial charge in [0.2, 0.25) is 0 Å². The molecule has 0 spiro atoms. The topological polar surface area (TPSA) is 68.3 Å². The molecule has 1 saturated carbocycles. The van der Waals surface area contributed by atoms with Crippen molar-refractivity contribution < 1.29 is 9.34 Å². The van der Waals surface area contributed by atoms with Gasteiger partial charge in [0.05, 0.1) is 12.6 Å². The third kappa shape index (κ3) is 3.73. The molecule has 0 aromatic carbocycles. The Bertz CT molecular complexity index is 427. The molecule has 1 aliphatic carbocycles. The summed E-state index contributed by atoms with van der Waals surface area (Å²) in [6.07, 6.45) is 8.61. The number of furan rings is 1. The molecular formula is C13H20N2O3S. The number of nitro groups is 1. The Balaban J connectivity index is 1.82. The normalized spacial score (nSPS) is 18.4. The van der Waals surface area contributed by atoms with Crippen LogP contribution in [0, 0.1) is 10.1 Å². The average molecular weight is 284 g/mol. The number of thioether (sulfide) groups is 1. The molecule has 6 heteroatoms. The van der Waals surface area contributed by atoms with E-state index in [1.807, 2.05) is 11.8 Å². The van der Waals surface area contributed by atoms with Crippen molar-refractivity contribution in [2.45, 2.75) is 43.4 Å². The number of rotatable bonds is 6. The van der Waals surface area contributed by atoms with Gasteiger partial charge in [-0.1, -0.05) is 19.3 Å². The first-order valence-electron chi connectivity index (χ1n) is 6.64. The molecule has 1 fully saturated rings. The van der Waals surface area contributed by atoms with Crippen LogP contribution in [0.15, 0.2) is 16.5 Å².